The van der Waals surface area contributed by atoms with Crippen molar-refractivity contribution in [1.82, 2.24) is 0 Å². The number of nitrogens with zero attached hydrogens (tertiary/aromatic N) is 1. The Morgan fingerprint density at radius 3 is 2.60 bits per heavy atom. The zero-order valence-corrected chi connectivity index (χ0v) is 14.0. The van der Waals surface area contributed by atoms with Gasteiger partial charge in [-0.3, -0.25) is 14.9 Å². The predicted molar refractivity (Wildman–Crippen MR) is 95.1 cm³/mol. The van der Waals surface area contributed by atoms with Gasteiger partial charge in [0.2, 0.25) is 0 Å². The summed E-state index contributed by atoms with van der Waals surface area (Å²) in [7, 11) is 0. The van der Waals surface area contributed by atoms with Crippen LogP contribution in [0.3, 0.4) is 0 Å². The normalized spacial score (nSPS) is 14.3. The molecule has 1 aliphatic carbocycles. The molecule has 0 aromatic heterocycles. The SMILES string of the molecule is Cc1c(C(=O)Nc2ccccc2OC2CCCC2)cccc1[N+](=O)[O-]. The van der Waals surface area contributed by atoms with E-state index in [1.807, 2.05) is 18.2 Å². The Hall–Kier alpha value is -2.89. The number of para-hydroxylation sites is 2. The molecule has 1 fully saturated rings. The van der Waals surface area contributed by atoms with Gasteiger partial charge in [0.15, 0.2) is 0 Å². The zero-order valence-electron chi connectivity index (χ0n) is 14.0. The molecule has 0 bridgehead atoms. The molecule has 0 saturated heterocycles. The summed E-state index contributed by atoms with van der Waals surface area (Å²) in [6.07, 6.45) is 4.54. The maximum atomic E-state index is 12.6. The molecule has 1 saturated carbocycles. The summed E-state index contributed by atoms with van der Waals surface area (Å²) in [5, 5.41) is 13.9. The van der Waals surface area contributed by atoms with E-state index in [4.69, 9.17) is 4.74 Å². The molecule has 0 atom stereocenters. The van der Waals surface area contributed by atoms with Gasteiger partial charge < -0.3 is 10.1 Å². The van der Waals surface area contributed by atoms with E-state index in [9.17, 15) is 14.9 Å². The largest absolute Gasteiger partial charge is 0.488 e. The molecule has 0 radical (unpaired) electrons. The van der Waals surface area contributed by atoms with Gasteiger partial charge in [-0.25, -0.2) is 0 Å². The van der Waals surface area contributed by atoms with Gasteiger partial charge in [0, 0.05) is 17.2 Å². The Morgan fingerprint density at radius 2 is 1.88 bits per heavy atom. The summed E-state index contributed by atoms with van der Waals surface area (Å²) in [4.78, 5) is 23.2. The van der Waals surface area contributed by atoms with Gasteiger partial charge in [0.1, 0.15) is 5.75 Å². The van der Waals surface area contributed by atoms with Crippen LogP contribution in [0.2, 0.25) is 0 Å². The summed E-state index contributed by atoms with van der Waals surface area (Å²) in [5.41, 5.74) is 1.14. The number of anilines is 1. The van der Waals surface area contributed by atoms with Crippen LogP contribution in [0.25, 0.3) is 0 Å². The van der Waals surface area contributed by atoms with Gasteiger partial charge in [0.05, 0.1) is 16.7 Å². The molecule has 0 spiro atoms. The molecular weight excluding hydrogens is 320 g/mol. The summed E-state index contributed by atoms with van der Waals surface area (Å²) in [6.45, 7) is 1.58. The quantitative estimate of drug-likeness (QED) is 0.643. The fourth-order valence-electron chi connectivity index (χ4n) is 3.12. The maximum absolute atomic E-state index is 12.6. The van der Waals surface area contributed by atoms with E-state index in [1.54, 1.807) is 19.1 Å². The number of carbonyl (C=O) groups is 1. The second-order valence-corrected chi connectivity index (χ2v) is 6.18. The first-order valence-corrected chi connectivity index (χ1v) is 8.37. The molecule has 6 heteroatoms. The third-order valence-corrected chi connectivity index (χ3v) is 4.48. The molecule has 0 aliphatic heterocycles. The third-order valence-electron chi connectivity index (χ3n) is 4.48. The van der Waals surface area contributed by atoms with Gasteiger partial charge in [-0.15, -0.1) is 0 Å². The standard InChI is InChI=1S/C19H20N2O4/c1-13-15(9-6-11-17(13)21(23)24)19(22)20-16-10-4-5-12-18(16)25-14-7-2-3-8-14/h4-6,9-12,14H,2-3,7-8H2,1H3,(H,20,22). The molecule has 2 aromatic rings. The van der Waals surface area contributed by atoms with Crippen LogP contribution in [0.15, 0.2) is 42.5 Å². The van der Waals surface area contributed by atoms with E-state index in [2.05, 4.69) is 5.32 Å². The number of hydrogen-bond donors (Lipinski definition) is 1. The van der Waals surface area contributed by atoms with Gasteiger partial charge in [-0.2, -0.15) is 0 Å². The van der Waals surface area contributed by atoms with E-state index in [0.717, 1.165) is 25.7 Å². The number of nitro groups is 1. The monoisotopic (exact) mass is 340 g/mol. The summed E-state index contributed by atoms with van der Waals surface area (Å²) in [6, 6.07) is 11.8. The average molecular weight is 340 g/mol. The van der Waals surface area contributed by atoms with E-state index in [1.165, 1.54) is 12.1 Å². The van der Waals surface area contributed by atoms with Crippen molar-refractivity contribution >= 4 is 17.3 Å². The Kier molecular flexibility index (Phi) is 4.97. The van der Waals surface area contributed by atoms with Crippen molar-refractivity contribution in [2.75, 3.05) is 5.32 Å². The van der Waals surface area contributed by atoms with Gasteiger partial charge in [-0.05, 0) is 50.8 Å². The maximum Gasteiger partial charge on any atom is 0.273 e. The van der Waals surface area contributed by atoms with Gasteiger partial charge >= 0.3 is 0 Å². The molecule has 3 rings (SSSR count). The van der Waals surface area contributed by atoms with Crippen molar-refractivity contribution in [2.45, 2.75) is 38.7 Å². The van der Waals surface area contributed by atoms with Crippen molar-refractivity contribution < 1.29 is 14.5 Å². The Balaban J connectivity index is 1.82. The lowest BCUT2D eigenvalue weighted by atomic mass is 10.1. The summed E-state index contributed by atoms with van der Waals surface area (Å²) < 4.78 is 6.01. The first kappa shape index (κ1) is 17.0. The second-order valence-electron chi connectivity index (χ2n) is 6.18. The molecule has 1 N–H and O–H groups in total. The number of amides is 1. The van der Waals surface area contributed by atoms with E-state index in [-0.39, 0.29) is 23.3 Å². The number of nitrogens with one attached hydrogen (secondary N) is 1. The fraction of sp³-hybridized carbons (Fsp3) is 0.316. The number of carbonyl (C=O) groups excluding carboxylic acids is 1. The third kappa shape index (κ3) is 3.79. The minimum absolute atomic E-state index is 0.0665. The number of hydrogen-bond acceptors (Lipinski definition) is 4. The summed E-state index contributed by atoms with van der Waals surface area (Å²) >= 11 is 0. The Labute approximate surface area is 146 Å². The highest BCUT2D eigenvalue weighted by Gasteiger charge is 2.21. The zero-order chi connectivity index (χ0) is 17.8. The molecule has 6 nitrogen and oxygen atoms in total. The molecule has 1 amide bonds. The van der Waals surface area contributed by atoms with Crippen LogP contribution < -0.4 is 10.1 Å². The van der Waals surface area contributed by atoms with Crippen LogP contribution in [0, 0.1) is 17.0 Å². The van der Waals surface area contributed by atoms with Crippen LogP contribution in [-0.2, 0) is 0 Å². The van der Waals surface area contributed by atoms with Crippen molar-refractivity contribution in [3.63, 3.8) is 0 Å². The number of nitro benzene ring substituents is 1. The smallest absolute Gasteiger partial charge is 0.273 e. The molecule has 1 aliphatic rings. The van der Waals surface area contributed by atoms with E-state index >= 15 is 0 Å². The summed E-state index contributed by atoms with van der Waals surface area (Å²) in [5.74, 6) is 0.245. The van der Waals surface area contributed by atoms with Crippen LogP contribution >= 0.6 is 0 Å². The first-order chi connectivity index (χ1) is 12.1. The van der Waals surface area contributed by atoms with Crippen LogP contribution in [0.4, 0.5) is 11.4 Å². The van der Waals surface area contributed by atoms with Crippen LogP contribution in [0.5, 0.6) is 5.75 Å². The van der Waals surface area contributed by atoms with E-state index < -0.39 is 4.92 Å². The molecule has 2 aromatic carbocycles. The Bertz CT molecular complexity index is 798. The topological polar surface area (TPSA) is 81.5 Å². The van der Waals surface area contributed by atoms with Crippen molar-refractivity contribution in [1.29, 1.82) is 0 Å². The highest BCUT2D eigenvalue weighted by atomic mass is 16.6. The molecule has 25 heavy (non-hydrogen) atoms. The number of ether oxygens (including phenoxy) is 1. The lowest BCUT2D eigenvalue weighted by molar-refractivity contribution is -0.385. The van der Waals surface area contributed by atoms with Crippen molar-refractivity contribution in [3.8, 4) is 5.75 Å². The highest BCUT2D eigenvalue weighted by Crippen LogP contribution is 2.30. The average Bonchev–Trinajstić information content (AvgIpc) is 3.09. The lowest BCUT2D eigenvalue weighted by Gasteiger charge is -2.17. The fourth-order valence-corrected chi connectivity index (χ4v) is 3.12. The Morgan fingerprint density at radius 1 is 1.16 bits per heavy atom. The second kappa shape index (κ2) is 7.34. The number of rotatable bonds is 5. The van der Waals surface area contributed by atoms with Gasteiger partial charge in [-0.1, -0.05) is 18.2 Å². The molecule has 130 valence electrons. The minimum atomic E-state index is -0.483. The van der Waals surface area contributed by atoms with Crippen LogP contribution in [0.1, 0.15) is 41.6 Å². The lowest BCUT2D eigenvalue weighted by Crippen LogP contribution is -2.17. The van der Waals surface area contributed by atoms with Crippen molar-refractivity contribution in [3.05, 3.63) is 63.7 Å². The van der Waals surface area contributed by atoms with Crippen LogP contribution in [-0.4, -0.2) is 16.9 Å². The molecular formula is C19H20N2O4. The number of benzene rings is 2. The van der Waals surface area contributed by atoms with E-state index in [0.29, 0.717) is 17.0 Å². The first-order valence-electron chi connectivity index (χ1n) is 8.37. The molecule has 0 unspecified atom stereocenters. The molecule has 0 heterocycles. The van der Waals surface area contributed by atoms with Crippen molar-refractivity contribution in [2.24, 2.45) is 0 Å². The predicted octanol–water partition coefficient (Wildman–Crippen LogP) is 4.48. The minimum Gasteiger partial charge on any atom is -0.488 e. The van der Waals surface area contributed by atoms with Gasteiger partial charge in [0.25, 0.3) is 11.6 Å². The highest BCUT2D eigenvalue weighted by molar-refractivity contribution is 6.06.